The lowest BCUT2D eigenvalue weighted by Crippen LogP contribution is -2.32. The SMILES string of the molecule is CC(C)(F)c1ccc(OCc2ccc(F)cc2F)c(B(O)O)c1. The predicted molar refractivity (Wildman–Crippen MR) is 81.1 cm³/mol. The molecule has 0 saturated carbocycles. The molecule has 0 aromatic heterocycles. The molecule has 0 saturated heterocycles. The van der Waals surface area contributed by atoms with Gasteiger partial charge in [0.25, 0.3) is 0 Å². The van der Waals surface area contributed by atoms with Gasteiger partial charge in [0.05, 0.1) is 0 Å². The van der Waals surface area contributed by atoms with Crippen LogP contribution < -0.4 is 10.2 Å². The third kappa shape index (κ3) is 4.27. The van der Waals surface area contributed by atoms with Gasteiger partial charge in [-0.1, -0.05) is 12.1 Å². The minimum atomic E-state index is -1.87. The van der Waals surface area contributed by atoms with Crippen molar-refractivity contribution >= 4 is 12.6 Å². The van der Waals surface area contributed by atoms with Gasteiger partial charge in [0.2, 0.25) is 0 Å². The maximum absolute atomic E-state index is 13.9. The van der Waals surface area contributed by atoms with Crippen LogP contribution >= 0.6 is 0 Å². The van der Waals surface area contributed by atoms with E-state index in [1.807, 2.05) is 0 Å². The van der Waals surface area contributed by atoms with Crippen molar-refractivity contribution in [3.05, 3.63) is 59.2 Å². The zero-order valence-corrected chi connectivity index (χ0v) is 12.7. The maximum atomic E-state index is 13.9. The van der Waals surface area contributed by atoms with Crippen LogP contribution in [0, 0.1) is 11.6 Å². The molecule has 0 aliphatic heterocycles. The lowest BCUT2D eigenvalue weighted by Gasteiger charge is -2.18. The molecule has 0 unspecified atom stereocenters. The van der Waals surface area contributed by atoms with Crippen molar-refractivity contribution in [1.29, 1.82) is 0 Å². The van der Waals surface area contributed by atoms with Gasteiger partial charge in [0.15, 0.2) is 0 Å². The second kappa shape index (κ2) is 6.64. The second-order valence-corrected chi connectivity index (χ2v) is 5.62. The molecule has 2 aromatic carbocycles. The molecule has 23 heavy (non-hydrogen) atoms. The molecule has 2 aromatic rings. The number of ether oxygens (including phenoxy) is 1. The van der Waals surface area contributed by atoms with E-state index in [0.717, 1.165) is 12.1 Å². The van der Waals surface area contributed by atoms with Gasteiger partial charge in [-0.15, -0.1) is 0 Å². The van der Waals surface area contributed by atoms with Gasteiger partial charge in [0, 0.05) is 17.1 Å². The summed E-state index contributed by atoms with van der Waals surface area (Å²) in [6.45, 7) is 2.44. The molecule has 2 N–H and O–H groups in total. The fourth-order valence-electron chi connectivity index (χ4n) is 2.05. The van der Waals surface area contributed by atoms with E-state index in [2.05, 4.69) is 0 Å². The van der Waals surface area contributed by atoms with Gasteiger partial charge in [-0.2, -0.15) is 0 Å². The predicted octanol–water partition coefficient (Wildman–Crippen LogP) is 2.43. The van der Waals surface area contributed by atoms with Crippen LogP contribution in [0.5, 0.6) is 5.75 Å². The van der Waals surface area contributed by atoms with Crippen molar-refractivity contribution in [2.45, 2.75) is 26.1 Å². The Balaban J connectivity index is 2.25. The standard InChI is InChI=1S/C16H16BF3O3/c1-16(2,20)11-4-6-15(13(7-11)17(21)22)23-9-10-3-5-12(18)8-14(10)19/h3-8,21-22H,9H2,1-2H3. The van der Waals surface area contributed by atoms with E-state index in [0.29, 0.717) is 0 Å². The third-order valence-electron chi connectivity index (χ3n) is 3.37. The molecule has 0 amide bonds. The zero-order chi connectivity index (χ0) is 17.2. The first-order valence-electron chi connectivity index (χ1n) is 6.94. The van der Waals surface area contributed by atoms with Crippen molar-refractivity contribution in [3.8, 4) is 5.75 Å². The number of benzene rings is 2. The zero-order valence-electron chi connectivity index (χ0n) is 12.7. The lowest BCUT2D eigenvalue weighted by atomic mass is 9.77. The van der Waals surface area contributed by atoms with E-state index in [1.165, 1.54) is 38.1 Å². The monoisotopic (exact) mass is 324 g/mol. The Hall–Kier alpha value is -1.99. The van der Waals surface area contributed by atoms with Gasteiger partial charge >= 0.3 is 7.12 Å². The molecule has 0 atom stereocenters. The van der Waals surface area contributed by atoms with Crippen molar-refractivity contribution < 1.29 is 28.0 Å². The first-order chi connectivity index (χ1) is 10.7. The van der Waals surface area contributed by atoms with Crippen molar-refractivity contribution in [3.63, 3.8) is 0 Å². The molecule has 7 heteroatoms. The first kappa shape index (κ1) is 17.4. The van der Waals surface area contributed by atoms with Gasteiger partial charge in [-0.25, -0.2) is 13.2 Å². The first-order valence-corrected chi connectivity index (χ1v) is 6.94. The molecule has 3 nitrogen and oxygen atoms in total. The molecule has 0 heterocycles. The summed E-state index contributed by atoms with van der Waals surface area (Å²) in [6.07, 6.45) is 0. The number of halogens is 3. The number of alkyl halides is 1. The molecule has 0 spiro atoms. The van der Waals surface area contributed by atoms with Crippen LogP contribution in [-0.4, -0.2) is 17.2 Å². The van der Waals surface area contributed by atoms with Crippen LogP contribution in [0.15, 0.2) is 36.4 Å². The van der Waals surface area contributed by atoms with Crippen LogP contribution in [0.25, 0.3) is 0 Å². The maximum Gasteiger partial charge on any atom is 0.492 e. The highest BCUT2D eigenvalue weighted by molar-refractivity contribution is 6.59. The van der Waals surface area contributed by atoms with E-state index >= 15 is 0 Å². The van der Waals surface area contributed by atoms with Gasteiger partial charge in [-0.05, 0) is 37.6 Å². The van der Waals surface area contributed by atoms with Crippen molar-refractivity contribution in [1.82, 2.24) is 0 Å². The van der Waals surface area contributed by atoms with Gasteiger partial charge < -0.3 is 14.8 Å². The Kier molecular flexibility index (Phi) is 5.01. The van der Waals surface area contributed by atoms with E-state index in [4.69, 9.17) is 4.74 Å². The topological polar surface area (TPSA) is 49.7 Å². The Morgan fingerprint density at radius 3 is 2.35 bits per heavy atom. The molecular formula is C16H16BF3O3. The third-order valence-corrected chi connectivity index (χ3v) is 3.37. The fourth-order valence-corrected chi connectivity index (χ4v) is 2.05. The molecule has 0 aliphatic carbocycles. The number of hydrogen-bond donors (Lipinski definition) is 2. The smallest absolute Gasteiger partial charge is 0.489 e. The average Bonchev–Trinajstić information content (AvgIpc) is 2.45. The molecule has 0 fully saturated rings. The molecular weight excluding hydrogens is 308 g/mol. The number of hydrogen-bond acceptors (Lipinski definition) is 3. The Labute approximate surface area is 132 Å². The highest BCUT2D eigenvalue weighted by Crippen LogP contribution is 2.26. The summed E-state index contributed by atoms with van der Waals surface area (Å²) >= 11 is 0. The van der Waals surface area contributed by atoms with Crippen LogP contribution in [0.4, 0.5) is 13.2 Å². The van der Waals surface area contributed by atoms with E-state index < -0.39 is 24.4 Å². The summed E-state index contributed by atoms with van der Waals surface area (Å²) in [7, 11) is -1.87. The van der Waals surface area contributed by atoms with Gasteiger partial charge in [-0.3, -0.25) is 0 Å². The molecule has 0 aliphatic rings. The molecule has 0 radical (unpaired) electrons. The van der Waals surface area contributed by atoms with Crippen LogP contribution in [0.3, 0.4) is 0 Å². The molecule has 2 rings (SSSR count). The Morgan fingerprint density at radius 1 is 1.09 bits per heavy atom. The van der Waals surface area contributed by atoms with E-state index in [1.54, 1.807) is 0 Å². The Bertz CT molecular complexity index is 699. The summed E-state index contributed by atoms with van der Waals surface area (Å²) in [6, 6.07) is 7.17. The average molecular weight is 324 g/mol. The highest BCUT2D eigenvalue weighted by atomic mass is 19.1. The highest BCUT2D eigenvalue weighted by Gasteiger charge is 2.24. The summed E-state index contributed by atoms with van der Waals surface area (Å²) in [5.74, 6) is -1.39. The number of rotatable bonds is 5. The summed E-state index contributed by atoms with van der Waals surface area (Å²) < 4.78 is 45.7. The van der Waals surface area contributed by atoms with Crippen LogP contribution in [0.1, 0.15) is 25.0 Å². The molecule has 0 bridgehead atoms. The summed E-state index contributed by atoms with van der Waals surface area (Å²) in [5.41, 5.74) is -1.33. The quantitative estimate of drug-likeness (QED) is 0.831. The Morgan fingerprint density at radius 2 is 1.78 bits per heavy atom. The minimum absolute atomic E-state index is 0.0317. The van der Waals surface area contributed by atoms with Crippen LogP contribution in [-0.2, 0) is 12.3 Å². The molecule has 122 valence electrons. The minimum Gasteiger partial charge on any atom is -0.489 e. The summed E-state index contributed by atoms with van der Waals surface area (Å²) in [4.78, 5) is 0. The lowest BCUT2D eigenvalue weighted by molar-refractivity contribution is 0.221. The van der Waals surface area contributed by atoms with Crippen LogP contribution in [0.2, 0.25) is 0 Å². The largest absolute Gasteiger partial charge is 0.492 e. The summed E-state index contributed by atoms with van der Waals surface area (Å²) in [5, 5.41) is 18.8. The van der Waals surface area contributed by atoms with Crippen molar-refractivity contribution in [2.24, 2.45) is 0 Å². The van der Waals surface area contributed by atoms with Gasteiger partial charge in [0.1, 0.15) is 29.7 Å². The normalized spacial score (nSPS) is 11.4. The van der Waals surface area contributed by atoms with Crippen molar-refractivity contribution in [2.75, 3.05) is 0 Å². The van der Waals surface area contributed by atoms with E-state index in [-0.39, 0.29) is 28.9 Å². The second-order valence-electron chi connectivity index (χ2n) is 5.62. The van der Waals surface area contributed by atoms with E-state index in [9.17, 15) is 23.2 Å². The fraction of sp³-hybridized carbons (Fsp3) is 0.250.